The van der Waals surface area contributed by atoms with E-state index in [0.717, 1.165) is 83.5 Å². The first-order valence-electron chi connectivity index (χ1n) is 40.6. The Labute approximate surface area is 604 Å². The van der Waals surface area contributed by atoms with E-state index in [0.29, 0.717) is 12.8 Å². The smallest absolute Gasteiger partial charge is 0.220 e. The Morgan fingerprint density at radius 2 is 0.707 bits per heavy atom. The third-order valence-electron chi connectivity index (χ3n) is 19.2. The van der Waals surface area contributed by atoms with Crippen molar-refractivity contribution < 1.29 is 64.6 Å². The zero-order valence-electron chi connectivity index (χ0n) is 62.7. The maximum absolute atomic E-state index is 13.4. The minimum Gasteiger partial charge on any atom is -0.394 e. The third kappa shape index (κ3) is 50.7. The van der Waals surface area contributed by atoms with Gasteiger partial charge in [0.05, 0.1) is 32.0 Å². The molecule has 14 heteroatoms. The van der Waals surface area contributed by atoms with Crippen molar-refractivity contribution in [1.29, 1.82) is 0 Å². The molecule has 0 aromatic rings. The predicted octanol–water partition coefficient (Wildman–Crippen LogP) is 18.6. The Morgan fingerprint density at radius 1 is 0.374 bits per heavy atom. The maximum atomic E-state index is 13.4. The summed E-state index contributed by atoms with van der Waals surface area (Å²) in [6.07, 6.45) is 81.7. The van der Waals surface area contributed by atoms with Crippen molar-refractivity contribution in [3.8, 4) is 0 Å². The lowest BCUT2D eigenvalue weighted by Gasteiger charge is -2.46. The minimum atomic E-state index is -1.80. The molecule has 2 aliphatic heterocycles. The summed E-state index contributed by atoms with van der Waals surface area (Å²) >= 11 is 0. The molecule has 2 fully saturated rings. The molecule has 12 unspecified atom stereocenters. The van der Waals surface area contributed by atoms with E-state index >= 15 is 0 Å². The van der Waals surface area contributed by atoms with Gasteiger partial charge in [0.25, 0.3) is 0 Å². The number of aliphatic hydroxyl groups is 8. The zero-order valence-corrected chi connectivity index (χ0v) is 62.7. The lowest BCUT2D eigenvalue weighted by molar-refractivity contribution is -0.359. The summed E-state index contributed by atoms with van der Waals surface area (Å²) in [5.41, 5.74) is 0. The van der Waals surface area contributed by atoms with Crippen LogP contribution in [0, 0.1) is 0 Å². The van der Waals surface area contributed by atoms with Crippen molar-refractivity contribution in [3.05, 3.63) is 109 Å². The van der Waals surface area contributed by atoms with Crippen LogP contribution in [0.25, 0.3) is 0 Å². The van der Waals surface area contributed by atoms with Gasteiger partial charge in [0, 0.05) is 6.42 Å². The third-order valence-corrected chi connectivity index (χ3v) is 19.2. The van der Waals surface area contributed by atoms with Gasteiger partial charge < -0.3 is 65.1 Å². The number of allylic oxidation sites excluding steroid dienone is 17. The van der Waals surface area contributed by atoms with Crippen molar-refractivity contribution in [1.82, 2.24) is 5.32 Å². The summed E-state index contributed by atoms with van der Waals surface area (Å²) < 4.78 is 22.9. The molecule has 572 valence electrons. The second kappa shape index (κ2) is 67.8. The number of ether oxygens (including phenoxy) is 4. The van der Waals surface area contributed by atoms with Crippen LogP contribution in [-0.4, -0.2) is 140 Å². The van der Waals surface area contributed by atoms with E-state index in [2.05, 4.69) is 116 Å². The van der Waals surface area contributed by atoms with E-state index in [1.807, 2.05) is 6.08 Å². The van der Waals surface area contributed by atoms with E-state index in [1.165, 1.54) is 212 Å². The molecule has 0 bridgehead atoms. The number of carbonyl (C=O) groups is 1. The number of hydrogen-bond acceptors (Lipinski definition) is 13. The first kappa shape index (κ1) is 91.7. The average Bonchev–Trinajstić information content (AvgIpc) is 0.793. The number of amides is 1. The summed E-state index contributed by atoms with van der Waals surface area (Å²) in [4.78, 5) is 13.4. The predicted molar refractivity (Wildman–Crippen MR) is 410 cm³/mol. The molecule has 0 aromatic heterocycles. The molecule has 1 amide bonds. The van der Waals surface area contributed by atoms with Gasteiger partial charge in [-0.3, -0.25) is 4.79 Å². The molecule has 12 atom stereocenters. The highest BCUT2D eigenvalue weighted by Crippen LogP contribution is 2.30. The van der Waals surface area contributed by atoms with Gasteiger partial charge in [0.15, 0.2) is 12.6 Å². The van der Waals surface area contributed by atoms with Gasteiger partial charge in [-0.1, -0.05) is 335 Å². The normalized spacial score (nSPS) is 22.5. The summed E-state index contributed by atoms with van der Waals surface area (Å²) in [5.74, 6) is -0.252. The van der Waals surface area contributed by atoms with Gasteiger partial charge in [0.1, 0.15) is 48.8 Å². The van der Waals surface area contributed by atoms with Crippen molar-refractivity contribution >= 4 is 5.91 Å². The number of hydrogen-bond donors (Lipinski definition) is 9. The van der Waals surface area contributed by atoms with Crippen molar-refractivity contribution in [2.24, 2.45) is 0 Å². The average molecular weight is 1390 g/mol. The fraction of sp³-hybridized carbons (Fsp3) is 0.776. The summed E-state index contributed by atoms with van der Waals surface area (Å²) in [5, 5.41) is 87.7. The van der Waals surface area contributed by atoms with E-state index in [1.54, 1.807) is 6.08 Å². The molecule has 99 heavy (non-hydrogen) atoms. The molecule has 2 heterocycles. The van der Waals surface area contributed by atoms with Crippen LogP contribution in [0.15, 0.2) is 109 Å². The van der Waals surface area contributed by atoms with Gasteiger partial charge in [0.2, 0.25) is 5.91 Å². The summed E-state index contributed by atoms with van der Waals surface area (Å²) in [6, 6.07) is -0.945. The van der Waals surface area contributed by atoms with Crippen molar-refractivity contribution in [3.63, 3.8) is 0 Å². The molecular formula is C85H149NO13. The Balaban J connectivity index is 1.63. The van der Waals surface area contributed by atoms with Crippen LogP contribution in [0.1, 0.15) is 328 Å². The number of carbonyl (C=O) groups excluding carboxylic acids is 1. The van der Waals surface area contributed by atoms with Crippen LogP contribution in [0.4, 0.5) is 0 Å². The van der Waals surface area contributed by atoms with Crippen LogP contribution >= 0.6 is 0 Å². The van der Waals surface area contributed by atoms with Gasteiger partial charge in [-0.25, -0.2) is 0 Å². The van der Waals surface area contributed by atoms with Crippen LogP contribution < -0.4 is 5.32 Å². The van der Waals surface area contributed by atoms with E-state index in [-0.39, 0.29) is 18.9 Å². The molecular weight excluding hydrogens is 1240 g/mol. The molecule has 0 aromatic carbocycles. The quantitative estimate of drug-likeness (QED) is 0.0204. The maximum Gasteiger partial charge on any atom is 0.220 e. The zero-order chi connectivity index (χ0) is 71.5. The molecule has 2 saturated heterocycles. The Hall–Kier alpha value is -3.35. The molecule has 9 N–H and O–H groups in total. The lowest BCUT2D eigenvalue weighted by Crippen LogP contribution is -2.65. The highest BCUT2D eigenvalue weighted by Gasteiger charge is 2.51. The number of aliphatic hydroxyl groups excluding tert-OH is 8. The SMILES string of the molecule is CC/C=C\C/C=C\C/C=C\C/C=C\C/C=C\C/C=C\CCCCCCCCCCCCCCCCCCCCC(=O)NC(COC1OC(CO)C(OC2OC(CO)C(O)C(O)C2O)C(O)C1O)C(O)/C=C/CC/C=C/CC/C=C/CCCCCCCCCCCCCCCCCCCC. The Bertz CT molecular complexity index is 2080. The van der Waals surface area contributed by atoms with E-state index in [9.17, 15) is 45.6 Å². The standard InChI is InChI=1S/C85H149NO13/c1-3-5-7-9-11-13-15-17-19-21-23-25-27-29-31-33-34-35-36-37-38-39-40-41-43-45-47-49-51-53-55-57-59-61-63-65-67-69-77(90)86-73(72-96-84-82(95)80(93)83(76(71-88)98-84)99-85-81(94)79(92)78(91)75(70-87)97-85)74(89)68-66-64-62-60-58-56-54-52-50-48-46-44-42-32-30-28-26-24-22-20-18-16-14-12-10-8-6-4-2/h5,7,11,13,17,19,23,25,29,31,34-35,50,52,58,60,66,68,73-76,78-85,87-89,91-95H,3-4,6,8-10,12,14-16,18,20-22,24,26-28,30,32-33,36-49,51,53-57,59,61-65,67,69-72H2,1-2H3,(H,86,90)/b7-5-,13-11-,19-17-,25-23-,31-29-,35-34-,52-50+,60-58+,68-66+. The largest absolute Gasteiger partial charge is 0.394 e. The molecule has 0 spiro atoms. The van der Waals surface area contributed by atoms with Crippen molar-refractivity contribution in [2.75, 3.05) is 19.8 Å². The molecule has 2 aliphatic rings. The lowest BCUT2D eigenvalue weighted by atomic mass is 9.97. The van der Waals surface area contributed by atoms with E-state index < -0.39 is 86.8 Å². The molecule has 0 radical (unpaired) electrons. The van der Waals surface area contributed by atoms with Crippen molar-refractivity contribution in [2.45, 2.75) is 402 Å². The highest BCUT2D eigenvalue weighted by atomic mass is 16.7. The Morgan fingerprint density at radius 3 is 1.11 bits per heavy atom. The molecule has 14 nitrogen and oxygen atoms in total. The fourth-order valence-electron chi connectivity index (χ4n) is 12.8. The first-order valence-corrected chi connectivity index (χ1v) is 40.6. The van der Waals surface area contributed by atoms with Crippen LogP contribution in [0.3, 0.4) is 0 Å². The second-order valence-electron chi connectivity index (χ2n) is 28.1. The highest BCUT2D eigenvalue weighted by molar-refractivity contribution is 5.76. The van der Waals surface area contributed by atoms with E-state index in [4.69, 9.17) is 18.9 Å². The molecule has 0 saturated carbocycles. The Kier molecular flexibility index (Phi) is 62.8. The van der Waals surface area contributed by atoms with Gasteiger partial charge in [-0.15, -0.1) is 0 Å². The van der Waals surface area contributed by atoms with Gasteiger partial charge in [-0.2, -0.15) is 0 Å². The topological polar surface area (TPSA) is 228 Å². The number of nitrogens with one attached hydrogen (secondary N) is 1. The second-order valence-corrected chi connectivity index (χ2v) is 28.1. The molecule has 2 rings (SSSR count). The molecule has 0 aliphatic carbocycles. The summed E-state index contributed by atoms with van der Waals surface area (Å²) in [6.45, 7) is 2.70. The fourth-order valence-corrected chi connectivity index (χ4v) is 12.8. The van der Waals surface area contributed by atoms with Crippen LogP contribution in [-0.2, 0) is 23.7 Å². The summed E-state index contributed by atoms with van der Waals surface area (Å²) in [7, 11) is 0. The van der Waals surface area contributed by atoms with Crippen LogP contribution in [0.2, 0.25) is 0 Å². The van der Waals surface area contributed by atoms with Crippen LogP contribution in [0.5, 0.6) is 0 Å². The first-order chi connectivity index (χ1) is 48.6. The van der Waals surface area contributed by atoms with Gasteiger partial charge in [-0.05, 0) is 96.3 Å². The van der Waals surface area contributed by atoms with Gasteiger partial charge >= 0.3 is 0 Å². The minimum absolute atomic E-state index is 0.252. The number of rotatable bonds is 67. The monoisotopic (exact) mass is 1390 g/mol. The number of unbranched alkanes of at least 4 members (excludes halogenated alkanes) is 38.